The van der Waals surface area contributed by atoms with Crippen LogP contribution in [0.5, 0.6) is 0 Å². The molecule has 0 atom stereocenters. The second-order valence-electron chi connectivity index (χ2n) is 7.32. The molecule has 0 aliphatic rings. The Morgan fingerprint density at radius 3 is 2.33 bits per heavy atom. The van der Waals surface area contributed by atoms with Gasteiger partial charge >= 0.3 is 0 Å². The molecule has 0 saturated heterocycles. The van der Waals surface area contributed by atoms with Gasteiger partial charge in [-0.25, -0.2) is 0 Å². The van der Waals surface area contributed by atoms with Gasteiger partial charge in [-0.05, 0) is 42.3 Å². The summed E-state index contributed by atoms with van der Waals surface area (Å²) >= 11 is 0. The topological polar surface area (TPSA) is 63.1 Å². The lowest BCUT2D eigenvalue weighted by Gasteiger charge is -2.15. The molecule has 1 heterocycles. The second kappa shape index (κ2) is 8.25. The first-order chi connectivity index (χ1) is 14.5. The van der Waals surface area contributed by atoms with Gasteiger partial charge in [0.2, 0.25) is 11.8 Å². The van der Waals surface area contributed by atoms with Crippen molar-refractivity contribution >= 4 is 34.1 Å². The number of aromatic nitrogens is 1. The number of carbonyl (C=O) groups excluding carboxylic acids is 2. The van der Waals surface area contributed by atoms with Crippen LogP contribution in [-0.2, 0) is 16.1 Å². The number of aryl methyl sites for hydroxylation is 1. The Labute approximate surface area is 175 Å². The average molecular weight is 397 g/mol. The van der Waals surface area contributed by atoms with Crippen molar-refractivity contribution in [3.05, 3.63) is 84.4 Å². The zero-order valence-electron chi connectivity index (χ0n) is 17.0. The van der Waals surface area contributed by atoms with E-state index in [0.29, 0.717) is 11.4 Å². The van der Waals surface area contributed by atoms with E-state index in [1.165, 1.54) is 6.92 Å². The van der Waals surface area contributed by atoms with Gasteiger partial charge in [-0.3, -0.25) is 9.59 Å². The molecule has 0 unspecified atom stereocenters. The van der Waals surface area contributed by atoms with Crippen LogP contribution >= 0.6 is 0 Å². The van der Waals surface area contributed by atoms with Gasteiger partial charge in [-0.15, -0.1) is 0 Å². The summed E-state index contributed by atoms with van der Waals surface area (Å²) in [4.78, 5) is 24.5. The quantitative estimate of drug-likeness (QED) is 0.485. The summed E-state index contributed by atoms with van der Waals surface area (Å²) in [5.74, 6) is -0.345. The predicted octanol–water partition coefficient (Wildman–Crippen LogP) is 5.21. The van der Waals surface area contributed by atoms with Gasteiger partial charge in [0, 0.05) is 23.5 Å². The molecule has 1 aromatic heterocycles. The van der Waals surface area contributed by atoms with Crippen molar-refractivity contribution in [3.63, 3.8) is 0 Å². The van der Waals surface area contributed by atoms with E-state index < -0.39 is 0 Å². The fourth-order valence-electron chi connectivity index (χ4n) is 3.62. The largest absolute Gasteiger partial charge is 0.331 e. The van der Waals surface area contributed by atoms with Gasteiger partial charge in [0.15, 0.2) is 0 Å². The maximum Gasteiger partial charge on any atom is 0.244 e. The number of para-hydroxylation sites is 1. The predicted molar refractivity (Wildman–Crippen MR) is 121 cm³/mol. The molecule has 0 fully saturated rings. The van der Waals surface area contributed by atoms with Crippen LogP contribution in [0.4, 0.5) is 11.4 Å². The van der Waals surface area contributed by atoms with Crippen molar-refractivity contribution in [1.82, 2.24) is 4.57 Å². The Hall–Kier alpha value is -3.86. The first-order valence-corrected chi connectivity index (χ1v) is 9.83. The number of benzene rings is 3. The van der Waals surface area contributed by atoms with Crippen molar-refractivity contribution < 1.29 is 9.59 Å². The Bertz CT molecular complexity index is 1230. The highest BCUT2D eigenvalue weighted by molar-refractivity contribution is 6.00. The molecule has 0 saturated carbocycles. The van der Waals surface area contributed by atoms with Crippen LogP contribution in [0.25, 0.3) is 22.2 Å². The van der Waals surface area contributed by atoms with Crippen molar-refractivity contribution in [2.75, 3.05) is 10.6 Å². The molecule has 5 heteroatoms. The van der Waals surface area contributed by atoms with Crippen molar-refractivity contribution in [2.45, 2.75) is 20.4 Å². The summed E-state index contributed by atoms with van der Waals surface area (Å²) in [6, 6.07) is 25.7. The van der Waals surface area contributed by atoms with Crippen LogP contribution in [0.1, 0.15) is 12.5 Å². The van der Waals surface area contributed by atoms with Crippen LogP contribution in [0.2, 0.25) is 0 Å². The second-order valence-corrected chi connectivity index (χ2v) is 7.32. The molecule has 0 radical (unpaired) electrons. The Kier molecular flexibility index (Phi) is 5.35. The van der Waals surface area contributed by atoms with E-state index in [1.54, 1.807) is 6.07 Å². The highest BCUT2D eigenvalue weighted by atomic mass is 16.2. The number of nitrogens with one attached hydrogen (secondary N) is 2. The highest BCUT2D eigenvalue weighted by Crippen LogP contribution is 2.29. The van der Waals surface area contributed by atoms with Gasteiger partial charge in [0.05, 0.1) is 11.4 Å². The molecule has 4 aromatic rings. The Morgan fingerprint density at radius 2 is 1.57 bits per heavy atom. The standard InChI is InChI=1S/C25H23N3O2/c1-17-12-13-21(26-18(2)29)22(14-17)27-25(30)16-28-23-11-7-6-10-20(23)15-24(28)19-8-4-3-5-9-19/h3-15H,16H2,1-2H3,(H,26,29)(H,27,30). The van der Waals surface area contributed by atoms with Crippen molar-refractivity contribution in [3.8, 4) is 11.3 Å². The van der Waals surface area contributed by atoms with Crippen LogP contribution in [0.15, 0.2) is 78.9 Å². The van der Waals surface area contributed by atoms with Crippen LogP contribution in [0, 0.1) is 6.92 Å². The van der Waals surface area contributed by atoms with Gasteiger partial charge in [-0.1, -0.05) is 54.6 Å². The third kappa shape index (κ3) is 4.10. The van der Waals surface area contributed by atoms with Crippen LogP contribution in [-0.4, -0.2) is 16.4 Å². The summed E-state index contributed by atoms with van der Waals surface area (Å²) < 4.78 is 2.02. The first kappa shape index (κ1) is 19.5. The Morgan fingerprint density at radius 1 is 0.833 bits per heavy atom. The minimum atomic E-state index is -0.183. The van der Waals surface area contributed by atoms with E-state index in [0.717, 1.165) is 27.7 Å². The molecule has 30 heavy (non-hydrogen) atoms. The smallest absolute Gasteiger partial charge is 0.244 e. The number of rotatable bonds is 5. The number of carbonyl (C=O) groups is 2. The van der Waals surface area contributed by atoms with E-state index in [2.05, 4.69) is 16.7 Å². The normalized spacial score (nSPS) is 10.7. The van der Waals surface area contributed by atoms with E-state index in [4.69, 9.17) is 0 Å². The first-order valence-electron chi connectivity index (χ1n) is 9.83. The van der Waals surface area contributed by atoms with Crippen LogP contribution in [0.3, 0.4) is 0 Å². The molecular weight excluding hydrogens is 374 g/mol. The third-order valence-electron chi connectivity index (χ3n) is 4.94. The summed E-state index contributed by atoms with van der Waals surface area (Å²) in [5, 5.41) is 6.82. The number of hydrogen-bond donors (Lipinski definition) is 2. The van der Waals surface area contributed by atoms with Crippen molar-refractivity contribution in [1.29, 1.82) is 0 Å². The number of anilines is 2. The van der Waals surface area contributed by atoms with E-state index >= 15 is 0 Å². The van der Waals surface area contributed by atoms with E-state index in [1.807, 2.05) is 78.2 Å². The average Bonchev–Trinajstić information content (AvgIpc) is 3.09. The van der Waals surface area contributed by atoms with Crippen LogP contribution < -0.4 is 10.6 Å². The number of fused-ring (bicyclic) bond motifs is 1. The summed E-state index contributed by atoms with van der Waals surface area (Å²) in [5.41, 5.74) is 5.21. The van der Waals surface area contributed by atoms with Crippen molar-refractivity contribution in [2.24, 2.45) is 0 Å². The lowest BCUT2D eigenvalue weighted by molar-refractivity contribution is -0.117. The Balaban J connectivity index is 1.68. The number of nitrogens with zero attached hydrogens (tertiary/aromatic N) is 1. The lowest BCUT2D eigenvalue weighted by Crippen LogP contribution is -2.20. The number of amides is 2. The minimum Gasteiger partial charge on any atom is -0.331 e. The number of hydrogen-bond acceptors (Lipinski definition) is 2. The fraction of sp³-hybridized carbons (Fsp3) is 0.120. The zero-order valence-corrected chi connectivity index (χ0v) is 17.0. The molecule has 2 amide bonds. The SMILES string of the molecule is CC(=O)Nc1ccc(C)cc1NC(=O)Cn1c(-c2ccccc2)cc2ccccc21. The molecule has 3 aromatic carbocycles. The molecule has 150 valence electrons. The maximum atomic E-state index is 13.0. The van der Waals surface area contributed by atoms with Gasteiger partial charge in [0.1, 0.15) is 6.54 Å². The van der Waals surface area contributed by atoms with E-state index in [-0.39, 0.29) is 18.4 Å². The molecular formula is C25H23N3O2. The van der Waals surface area contributed by atoms with Gasteiger partial charge in [-0.2, -0.15) is 0 Å². The van der Waals surface area contributed by atoms with Gasteiger partial charge < -0.3 is 15.2 Å². The molecule has 4 rings (SSSR count). The van der Waals surface area contributed by atoms with E-state index in [9.17, 15) is 9.59 Å². The highest BCUT2D eigenvalue weighted by Gasteiger charge is 2.15. The molecule has 0 aliphatic carbocycles. The summed E-state index contributed by atoms with van der Waals surface area (Å²) in [7, 11) is 0. The third-order valence-corrected chi connectivity index (χ3v) is 4.94. The lowest BCUT2D eigenvalue weighted by atomic mass is 10.1. The molecule has 5 nitrogen and oxygen atoms in total. The molecule has 0 bridgehead atoms. The molecule has 0 aliphatic heterocycles. The minimum absolute atomic E-state index is 0.158. The molecule has 2 N–H and O–H groups in total. The summed E-state index contributed by atoms with van der Waals surface area (Å²) in [6.45, 7) is 3.55. The van der Waals surface area contributed by atoms with Gasteiger partial charge in [0.25, 0.3) is 0 Å². The zero-order chi connectivity index (χ0) is 21.1. The molecule has 0 spiro atoms. The summed E-state index contributed by atoms with van der Waals surface area (Å²) in [6.07, 6.45) is 0. The fourth-order valence-corrected chi connectivity index (χ4v) is 3.62. The monoisotopic (exact) mass is 397 g/mol. The maximum absolute atomic E-state index is 13.0.